The molecular weight excluding hydrogens is 532 g/mol. The minimum absolute atomic E-state index is 0.0155. The van der Waals surface area contributed by atoms with Crippen LogP contribution in [0.4, 0.5) is 0 Å². The van der Waals surface area contributed by atoms with Crippen LogP contribution in [-0.2, 0) is 11.3 Å². The second-order valence-electron chi connectivity index (χ2n) is 4.53. The van der Waals surface area contributed by atoms with Gasteiger partial charge in [-0.05, 0) is 50.7 Å². The number of rotatable bonds is 3. The Morgan fingerprint density at radius 3 is 1.88 bits per heavy atom. The molecule has 116 valence electrons. The lowest BCUT2D eigenvalue weighted by Crippen LogP contribution is -2.13. The molecule has 0 N–H and O–H groups in total. The fourth-order valence-corrected chi connectivity index (χ4v) is 4.26. The molecule has 24 heavy (non-hydrogen) atoms. The van der Waals surface area contributed by atoms with Crippen LogP contribution < -0.4 is 0 Å². The lowest BCUT2D eigenvalue weighted by molar-refractivity contribution is 0.0470. The first-order chi connectivity index (χ1) is 11.5. The van der Waals surface area contributed by atoms with Gasteiger partial charge in [-0.3, -0.25) is 0 Å². The van der Waals surface area contributed by atoms with Gasteiger partial charge in [0.1, 0.15) is 24.8 Å². The van der Waals surface area contributed by atoms with E-state index in [1.807, 2.05) is 93.7 Å². The van der Waals surface area contributed by atoms with E-state index >= 15 is 0 Å². The third-order valence-electron chi connectivity index (χ3n) is 3.13. The van der Waals surface area contributed by atoms with Crippen molar-refractivity contribution in [2.45, 2.75) is 6.61 Å². The van der Waals surface area contributed by atoms with E-state index in [1.54, 1.807) is 0 Å². The van der Waals surface area contributed by atoms with Crippen LogP contribution in [0.2, 0.25) is 0 Å². The Labute approximate surface area is 165 Å². The minimum atomic E-state index is -0.634. The molecule has 0 aliphatic rings. The van der Waals surface area contributed by atoms with Crippen LogP contribution in [0.5, 0.6) is 0 Å². The molecule has 0 amide bonds. The fraction of sp³-hybridized carbons (Fsp3) is 0.0588. The van der Waals surface area contributed by atoms with Crippen molar-refractivity contribution in [3.8, 4) is 18.2 Å². The number of carbonyl (C=O) groups is 1. The number of hydrogen-bond donors (Lipinski definition) is 0. The van der Waals surface area contributed by atoms with E-state index in [4.69, 9.17) is 4.74 Å². The zero-order valence-electron chi connectivity index (χ0n) is 12.0. The van der Waals surface area contributed by atoms with Crippen LogP contribution >= 0.6 is 45.2 Å². The van der Waals surface area contributed by atoms with Gasteiger partial charge < -0.3 is 4.74 Å². The zero-order chi connectivity index (χ0) is 17.7. The first kappa shape index (κ1) is 18.2. The Kier molecular flexibility index (Phi) is 6.13. The van der Waals surface area contributed by atoms with E-state index in [-0.39, 0.29) is 28.9 Å². The summed E-state index contributed by atoms with van der Waals surface area (Å²) < 4.78 is 5.92. The summed E-state index contributed by atoms with van der Waals surface area (Å²) in [5, 5.41) is 27.8. The van der Waals surface area contributed by atoms with Crippen molar-refractivity contribution < 1.29 is 9.53 Å². The summed E-state index contributed by atoms with van der Waals surface area (Å²) in [4.78, 5) is 12.5. The Hall–Kier alpha value is -2.16. The van der Waals surface area contributed by atoms with E-state index in [0.717, 1.165) is 5.56 Å². The maximum atomic E-state index is 12.5. The van der Waals surface area contributed by atoms with Crippen LogP contribution in [0.3, 0.4) is 0 Å². The Balaban J connectivity index is 2.47. The van der Waals surface area contributed by atoms with Gasteiger partial charge in [-0.25, -0.2) is 4.79 Å². The predicted octanol–water partition coefficient (Wildman–Crippen LogP) is 3.87. The van der Waals surface area contributed by atoms with Crippen molar-refractivity contribution in [1.82, 2.24) is 0 Å². The molecule has 0 saturated heterocycles. The number of nitrogens with zero attached hydrogens (tertiary/aromatic N) is 3. The Morgan fingerprint density at radius 2 is 1.42 bits per heavy atom. The molecule has 0 spiro atoms. The molecule has 5 nitrogen and oxygen atoms in total. The average molecular weight is 539 g/mol. The molecule has 0 aliphatic carbocycles. The van der Waals surface area contributed by atoms with Crippen molar-refractivity contribution in [2.75, 3.05) is 0 Å². The summed E-state index contributed by atoms with van der Waals surface area (Å²) >= 11 is 3.66. The maximum Gasteiger partial charge on any atom is 0.340 e. The summed E-state index contributed by atoms with van der Waals surface area (Å²) in [6.45, 7) is 0.0790. The van der Waals surface area contributed by atoms with E-state index in [1.165, 1.54) is 0 Å². The fourth-order valence-electron chi connectivity index (χ4n) is 1.99. The average Bonchev–Trinajstić information content (AvgIpc) is 2.60. The third kappa shape index (κ3) is 3.50. The van der Waals surface area contributed by atoms with E-state index in [2.05, 4.69) is 0 Å². The van der Waals surface area contributed by atoms with Gasteiger partial charge >= 0.3 is 5.97 Å². The zero-order valence-corrected chi connectivity index (χ0v) is 16.3. The van der Waals surface area contributed by atoms with Gasteiger partial charge in [0.25, 0.3) is 0 Å². The van der Waals surface area contributed by atoms with Gasteiger partial charge in [0, 0.05) is 7.14 Å². The van der Waals surface area contributed by atoms with Crippen LogP contribution in [0.1, 0.15) is 32.6 Å². The Bertz CT molecular complexity index is 895. The second-order valence-corrected chi connectivity index (χ2v) is 6.68. The molecule has 0 fully saturated rings. The van der Waals surface area contributed by atoms with Crippen molar-refractivity contribution in [2.24, 2.45) is 0 Å². The van der Waals surface area contributed by atoms with Gasteiger partial charge in [0.2, 0.25) is 0 Å². The Morgan fingerprint density at radius 1 is 0.917 bits per heavy atom. The quantitative estimate of drug-likeness (QED) is 0.436. The number of nitriles is 3. The summed E-state index contributed by atoms with van der Waals surface area (Å²) in [5.41, 5.74) is 0.974. The first-order valence-corrected chi connectivity index (χ1v) is 8.67. The molecule has 0 heterocycles. The molecular formula is C17H7I2N3O2. The predicted molar refractivity (Wildman–Crippen MR) is 102 cm³/mol. The molecule has 2 aromatic rings. The van der Waals surface area contributed by atoms with Gasteiger partial charge in [-0.1, -0.05) is 30.3 Å². The largest absolute Gasteiger partial charge is 0.457 e. The van der Waals surface area contributed by atoms with Gasteiger partial charge in [0.05, 0.1) is 22.3 Å². The van der Waals surface area contributed by atoms with Crippen molar-refractivity contribution in [3.63, 3.8) is 0 Å². The second kappa shape index (κ2) is 8.09. The van der Waals surface area contributed by atoms with Crippen molar-refractivity contribution in [1.29, 1.82) is 15.8 Å². The van der Waals surface area contributed by atoms with Gasteiger partial charge in [-0.15, -0.1) is 0 Å². The standard InChI is InChI=1S/C17H7I2N3O2/c18-15-12(7-21)11(6-20)13(8-22)16(19)14(15)17(23)24-9-10-4-2-1-3-5-10/h1-5H,9H2. The molecule has 0 atom stereocenters. The van der Waals surface area contributed by atoms with Crippen LogP contribution in [0.15, 0.2) is 30.3 Å². The molecule has 0 radical (unpaired) electrons. The van der Waals surface area contributed by atoms with Crippen LogP contribution in [0, 0.1) is 41.1 Å². The maximum absolute atomic E-state index is 12.5. The number of halogens is 2. The van der Waals surface area contributed by atoms with Gasteiger partial charge in [0.15, 0.2) is 0 Å². The number of benzene rings is 2. The number of ether oxygens (including phenoxy) is 1. The summed E-state index contributed by atoms with van der Waals surface area (Å²) in [6.07, 6.45) is 0. The molecule has 7 heteroatoms. The molecule has 0 aromatic heterocycles. The van der Waals surface area contributed by atoms with Crippen LogP contribution in [0.25, 0.3) is 0 Å². The molecule has 2 aromatic carbocycles. The number of carbonyl (C=O) groups excluding carboxylic acids is 1. The van der Waals surface area contributed by atoms with Crippen molar-refractivity contribution >= 4 is 51.2 Å². The highest BCUT2D eigenvalue weighted by Gasteiger charge is 2.26. The van der Waals surface area contributed by atoms with E-state index < -0.39 is 5.97 Å². The minimum Gasteiger partial charge on any atom is -0.457 e. The highest BCUT2D eigenvalue weighted by atomic mass is 127. The molecule has 0 aliphatic heterocycles. The van der Waals surface area contributed by atoms with Gasteiger partial charge in [-0.2, -0.15) is 15.8 Å². The highest BCUT2D eigenvalue weighted by Crippen LogP contribution is 2.30. The third-order valence-corrected chi connectivity index (χ3v) is 5.29. The molecule has 2 rings (SSSR count). The topological polar surface area (TPSA) is 97.7 Å². The molecule has 0 unspecified atom stereocenters. The highest BCUT2D eigenvalue weighted by molar-refractivity contribution is 14.1. The van der Waals surface area contributed by atoms with Crippen LogP contribution in [-0.4, -0.2) is 5.97 Å². The van der Waals surface area contributed by atoms with E-state index in [9.17, 15) is 20.6 Å². The smallest absolute Gasteiger partial charge is 0.340 e. The molecule has 0 bridgehead atoms. The molecule has 0 saturated carbocycles. The lowest BCUT2D eigenvalue weighted by Gasteiger charge is -2.12. The first-order valence-electron chi connectivity index (χ1n) is 6.51. The van der Waals surface area contributed by atoms with E-state index in [0.29, 0.717) is 7.14 Å². The number of esters is 1. The monoisotopic (exact) mass is 539 g/mol. The van der Waals surface area contributed by atoms with Crippen molar-refractivity contribution in [3.05, 3.63) is 65.3 Å². The number of hydrogen-bond acceptors (Lipinski definition) is 5. The normalized spacial score (nSPS) is 9.46. The summed E-state index contributed by atoms with van der Waals surface area (Å²) in [7, 11) is 0. The lowest BCUT2D eigenvalue weighted by atomic mass is 9.99. The summed E-state index contributed by atoms with van der Waals surface area (Å²) in [5.74, 6) is -0.634. The summed E-state index contributed by atoms with van der Waals surface area (Å²) in [6, 6.07) is 14.8. The SMILES string of the molecule is N#Cc1c(I)c(C(=O)OCc2ccccc2)c(I)c(C#N)c1C#N.